The second-order valence-electron chi connectivity index (χ2n) is 6.18. The zero-order valence-corrected chi connectivity index (χ0v) is 16.2. The molecule has 7 nitrogen and oxygen atoms in total. The van der Waals surface area contributed by atoms with Crippen molar-refractivity contribution in [1.29, 1.82) is 0 Å². The lowest BCUT2D eigenvalue weighted by Gasteiger charge is -2.21. The molecule has 9 heteroatoms. The fraction of sp³-hybridized carbons (Fsp3) is 0.278. The van der Waals surface area contributed by atoms with E-state index in [2.05, 4.69) is 10.6 Å². The Morgan fingerprint density at radius 2 is 1.67 bits per heavy atom. The van der Waals surface area contributed by atoms with Crippen LogP contribution in [0.5, 0.6) is 11.5 Å². The van der Waals surface area contributed by atoms with E-state index in [-0.39, 0.29) is 29.1 Å². The predicted molar refractivity (Wildman–Crippen MR) is 106 cm³/mol. The van der Waals surface area contributed by atoms with Crippen molar-refractivity contribution in [2.75, 3.05) is 18.4 Å². The smallest absolute Gasteiger partial charge is 0.238 e. The van der Waals surface area contributed by atoms with Crippen LogP contribution in [-0.2, 0) is 14.8 Å². The number of primary sulfonamides is 1. The summed E-state index contributed by atoms with van der Waals surface area (Å²) in [5.74, 6) is 1.08. The van der Waals surface area contributed by atoms with Crippen LogP contribution in [0, 0.1) is 5.92 Å². The molecule has 0 aliphatic carbocycles. The third kappa shape index (κ3) is 5.93. The van der Waals surface area contributed by atoms with Gasteiger partial charge in [0.25, 0.3) is 0 Å². The lowest BCUT2D eigenvalue weighted by atomic mass is 9.99. The molecule has 1 saturated heterocycles. The number of amides is 1. The van der Waals surface area contributed by atoms with E-state index in [1.165, 1.54) is 24.3 Å². The van der Waals surface area contributed by atoms with E-state index in [4.69, 9.17) is 9.88 Å². The number of nitrogens with two attached hydrogens (primary N) is 1. The van der Waals surface area contributed by atoms with Gasteiger partial charge in [0.05, 0.1) is 10.8 Å². The van der Waals surface area contributed by atoms with Crippen molar-refractivity contribution < 1.29 is 17.9 Å². The molecule has 1 amide bonds. The highest BCUT2D eigenvalue weighted by Crippen LogP contribution is 2.24. The largest absolute Gasteiger partial charge is 0.457 e. The van der Waals surface area contributed by atoms with Gasteiger partial charge in [0.2, 0.25) is 15.9 Å². The second-order valence-corrected chi connectivity index (χ2v) is 7.74. The number of carbonyl (C=O) groups is 1. The monoisotopic (exact) mass is 411 g/mol. The Balaban J connectivity index is 0.00000261. The molecule has 1 aliphatic heterocycles. The zero-order chi connectivity index (χ0) is 18.6. The SMILES string of the molecule is Cl.NS(=O)(=O)c1ccc(Oc2ccc(NC(=O)C3CCCNC3)cc2)cc1. The molecule has 4 N–H and O–H groups in total. The minimum absolute atomic E-state index is 0. The quantitative estimate of drug-likeness (QED) is 0.700. The van der Waals surface area contributed by atoms with Crippen molar-refractivity contribution >= 4 is 34.0 Å². The Morgan fingerprint density at radius 1 is 1.07 bits per heavy atom. The Hall–Kier alpha value is -2.13. The van der Waals surface area contributed by atoms with Crippen LogP contribution >= 0.6 is 12.4 Å². The van der Waals surface area contributed by atoms with Gasteiger partial charge >= 0.3 is 0 Å². The van der Waals surface area contributed by atoms with E-state index < -0.39 is 10.0 Å². The van der Waals surface area contributed by atoms with Gasteiger partial charge in [-0.2, -0.15) is 0 Å². The first-order valence-electron chi connectivity index (χ1n) is 8.34. The maximum atomic E-state index is 12.2. The molecule has 1 fully saturated rings. The van der Waals surface area contributed by atoms with Crippen LogP contribution in [0.1, 0.15) is 12.8 Å². The summed E-state index contributed by atoms with van der Waals surface area (Å²) >= 11 is 0. The van der Waals surface area contributed by atoms with E-state index in [9.17, 15) is 13.2 Å². The summed E-state index contributed by atoms with van der Waals surface area (Å²) in [5.41, 5.74) is 0.706. The molecule has 1 atom stereocenters. The van der Waals surface area contributed by atoms with Crippen LogP contribution in [0.15, 0.2) is 53.4 Å². The molecule has 0 bridgehead atoms. The van der Waals surface area contributed by atoms with Gasteiger partial charge in [-0.15, -0.1) is 12.4 Å². The molecule has 0 saturated carbocycles. The van der Waals surface area contributed by atoms with Gasteiger partial charge in [0, 0.05) is 12.2 Å². The van der Waals surface area contributed by atoms with Crippen molar-refractivity contribution in [3.63, 3.8) is 0 Å². The first kappa shape index (κ1) is 21.2. The average Bonchev–Trinajstić information content (AvgIpc) is 2.64. The highest BCUT2D eigenvalue weighted by molar-refractivity contribution is 7.89. The van der Waals surface area contributed by atoms with Crippen molar-refractivity contribution in [1.82, 2.24) is 5.32 Å². The Labute approximate surface area is 164 Å². The summed E-state index contributed by atoms with van der Waals surface area (Å²) in [6.45, 7) is 1.68. The molecule has 1 aliphatic rings. The third-order valence-corrected chi connectivity index (χ3v) is 5.11. The number of anilines is 1. The normalized spacial score (nSPS) is 16.9. The molecule has 0 aromatic heterocycles. The standard InChI is InChI=1S/C18H21N3O4S.ClH/c19-26(23,24)17-9-7-16(8-10-17)25-15-5-3-14(4-6-15)21-18(22)13-2-1-11-20-12-13;/h3-10,13,20H,1-2,11-12H2,(H,21,22)(H2,19,23,24);1H. The summed E-state index contributed by atoms with van der Waals surface area (Å²) in [6.07, 6.45) is 1.91. The van der Waals surface area contributed by atoms with Gasteiger partial charge in [-0.3, -0.25) is 4.79 Å². The van der Waals surface area contributed by atoms with Crippen molar-refractivity contribution in [2.24, 2.45) is 11.1 Å². The zero-order valence-electron chi connectivity index (χ0n) is 14.6. The van der Waals surface area contributed by atoms with Crippen LogP contribution in [0.4, 0.5) is 5.69 Å². The first-order chi connectivity index (χ1) is 12.4. The van der Waals surface area contributed by atoms with Crippen molar-refractivity contribution in [2.45, 2.75) is 17.7 Å². The van der Waals surface area contributed by atoms with Gasteiger partial charge in [0.1, 0.15) is 11.5 Å². The number of halogens is 1. The van der Waals surface area contributed by atoms with Crippen LogP contribution in [0.3, 0.4) is 0 Å². The number of sulfonamides is 1. The highest BCUT2D eigenvalue weighted by Gasteiger charge is 2.20. The summed E-state index contributed by atoms with van der Waals surface area (Å²) in [4.78, 5) is 12.2. The summed E-state index contributed by atoms with van der Waals surface area (Å²) in [6, 6.07) is 12.8. The number of hydrogen-bond acceptors (Lipinski definition) is 5. The number of carbonyl (C=O) groups excluding carboxylic acids is 1. The molecule has 2 aromatic rings. The number of nitrogens with one attached hydrogen (secondary N) is 2. The molecule has 1 unspecified atom stereocenters. The maximum Gasteiger partial charge on any atom is 0.238 e. The first-order valence-corrected chi connectivity index (χ1v) is 9.89. The third-order valence-electron chi connectivity index (χ3n) is 4.18. The van der Waals surface area contributed by atoms with Gasteiger partial charge in [0.15, 0.2) is 0 Å². The fourth-order valence-corrected chi connectivity index (χ4v) is 3.28. The Bertz CT molecular complexity index is 864. The molecule has 146 valence electrons. The number of ether oxygens (including phenoxy) is 1. The molecule has 0 radical (unpaired) electrons. The average molecular weight is 412 g/mol. The van der Waals surface area contributed by atoms with Gasteiger partial charge < -0.3 is 15.4 Å². The lowest BCUT2D eigenvalue weighted by molar-refractivity contribution is -0.120. The van der Waals surface area contributed by atoms with Crippen LogP contribution in [0.25, 0.3) is 0 Å². The summed E-state index contributed by atoms with van der Waals surface area (Å²) < 4.78 is 28.1. The van der Waals surface area contributed by atoms with E-state index in [1.807, 2.05) is 0 Å². The predicted octanol–water partition coefficient (Wildman–Crippen LogP) is 2.49. The number of piperidine rings is 1. The summed E-state index contributed by atoms with van der Waals surface area (Å²) in [7, 11) is -3.72. The number of benzene rings is 2. The van der Waals surface area contributed by atoms with E-state index in [0.717, 1.165) is 19.4 Å². The molecule has 27 heavy (non-hydrogen) atoms. The van der Waals surface area contributed by atoms with Crippen molar-refractivity contribution in [3.8, 4) is 11.5 Å². The molecule has 0 spiro atoms. The lowest BCUT2D eigenvalue weighted by Crippen LogP contribution is -2.37. The van der Waals surface area contributed by atoms with E-state index >= 15 is 0 Å². The minimum atomic E-state index is -3.72. The van der Waals surface area contributed by atoms with E-state index in [0.29, 0.717) is 23.7 Å². The Morgan fingerprint density at radius 3 is 2.19 bits per heavy atom. The molecule has 3 rings (SSSR count). The minimum Gasteiger partial charge on any atom is -0.457 e. The maximum absolute atomic E-state index is 12.2. The summed E-state index contributed by atoms with van der Waals surface area (Å²) in [5, 5.41) is 11.2. The second kappa shape index (κ2) is 9.18. The van der Waals surface area contributed by atoms with Gasteiger partial charge in [-0.25, -0.2) is 13.6 Å². The highest BCUT2D eigenvalue weighted by atomic mass is 35.5. The van der Waals surface area contributed by atoms with E-state index in [1.54, 1.807) is 24.3 Å². The van der Waals surface area contributed by atoms with Gasteiger partial charge in [-0.05, 0) is 67.9 Å². The molecule has 2 aromatic carbocycles. The Kier molecular flexibility index (Phi) is 7.20. The molecular formula is C18H22ClN3O4S. The molecule has 1 heterocycles. The van der Waals surface area contributed by atoms with Crippen molar-refractivity contribution in [3.05, 3.63) is 48.5 Å². The molecular weight excluding hydrogens is 390 g/mol. The van der Waals surface area contributed by atoms with Gasteiger partial charge in [-0.1, -0.05) is 0 Å². The number of rotatable bonds is 5. The number of hydrogen-bond donors (Lipinski definition) is 3. The van der Waals surface area contributed by atoms with Crippen LogP contribution < -0.4 is 20.5 Å². The fourth-order valence-electron chi connectivity index (χ4n) is 2.76. The van der Waals surface area contributed by atoms with Crippen LogP contribution in [-0.4, -0.2) is 27.4 Å². The van der Waals surface area contributed by atoms with Crippen LogP contribution in [0.2, 0.25) is 0 Å². The topological polar surface area (TPSA) is 111 Å².